The number of hydroxylamine groups is 2. The van der Waals surface area contributed by atoms with Crippen LogP contribution >= 0.6 is 0 Å². The summed E-state index contributed by atoms with van der Waals surface area (Å²) in [7, 11) is 0. The molecular formula is C13H17N3O2. The quantitative estimate of drug-likeness (QED) is 0.710. The highest BCUT2D eigenvalue weighted by molar-refractivity contribution is 5.79. The van der Waals surface area contributed by atoms with Gasteiger partial charge >= 0.3 is 6.03 Å². The van der Waals surface area contributed by atoms with E-state index in [4.69, 9.17) is 10.1 Å². The van der Waals surface area contributed by atoms with E-state index in [2.05, 4.69) is 26.5 Å². The van der Waals surface area contributed by atoms with Gasteiger partial charge in [-0.1, -0.05) is 19.9 Å². The fourth-order valence-electron chi connectivity index (χ4n) is 2.42. The molecular weight excluding hydrogens is 230 g/mol. The number of fused-ring (bicyclic) bond motifs is 2. The fraction of sp³-hybridized carbons (Fsp3) is 0.538. The molecule has 0 spiro atoms. The van der Waals surface area contributed by atoms with Crippen molar-refractivity contribution in [1.29, 1.82) is 5.26 Å². The van der Waals surface area contributed by atoms with Gasteiger partial charge in [0.05, 0.1) is 19.2 Å². The van der Waals surface area contributed by atoms with Crippen LogP contribution in [0.3, 0.4) is 0 Å². The van der Waals surface area contributed by atoms with Gasteiger partial charge in [0.1, 0.15) is 12.1 Å². The van der Waals surface area contributed by atoms with E-state index in [9.17, 15) is 4.79 Å². The first-order chi connectivity index (χ1) is 8.60. The molecule has 2 aliphatic rings. The van der Waals surface area contributed by atoms with Crippen LogP contribution in [0, 0.1) is 17.2 Å². The van der Waals surface area contributed by atoms with Gasteiger partial charge in [0.15, 0.2) is 0 Å². The van der Waals surface area contributed by atoms with Crippen molar-refractivity contribution in [2.45, 2.75) is 25.9 Å². The molecule has 5 heteroatoms. The van der Waals surface area contributed by atoms with Crippen LogP contribution in [0.25, 0.3) is 0 Å². The van der Waals surface area contributed by atoms with Crippen molar-refractivity contribution in [3.05, 3.63) is 24.3 Å². The number of nitriles is 1. The van der Waals surface area contributed by atoms with Gasteiger partial charge in [0.2, 0.25) is 0 Å². The minimum atomic E-state index is -0.483. The summed E-state index contributed by atoms with van der Waals surface area (Å²) in [5, 5.41) is 10.5. The normalized spacial score (nSPS) is 26.3. The zero-order chi connectivity index (χ0) is 13.3. The summed E-state index contributed by atoms with van der Waals surface area (Å²) in [5.74, 6) is 0.286. The van der Waals surface area contributed by atoms with Gasteiger partial charge in [0.25, 0.3) is 0 Å². The molecule has 0 aromatic rings. The molecule has 1 saturated heterocycles. The van der Waals surface area contributed by atoms with Gasteiger partial charge in [-0.25, -0.2) is 4.79 Å². The Kier molecular flexibility index (Phi) is 3.39. The zero-order valence-electron chi connectivity index (χ0n) is 10.7. The number of carbonyl (C=O) groups is 1. The number of rotatable bonds is 4. The van der Waals surface area contributed by atoms with Crippen LogP contribution < -0.4 is 0 Å². The summed E-state index contributed by atoms with van der Waals surface area (Å²) in [6.45, 7) is 8.51. The summed E-state index contributed by atoms with van der Waals surface area (Å²) in [5.41, 5.74) is 1.09. The van der Waals surface area contributed by atoms with Gasteiger partial charge in [-0.3, -0.25) is 4.84 Å². The van der Waals surface area contributed by atoms with Gasteiger partial charge in [0, 0.05) is 0 Å². The van der Waals surface area contributed by atoms with E-state index in [1.54, 1.807) is 11.0 Å². The van der Waals surface area contributed by atoms with Crippen LogP contribution in [0.2, 0.25) is 0 Å². The van der Waals surface area contributed by atoms with E-state index in [1.165, 1.54) is 5.06 Å². The van der Waals surface area contributed by atoms with Crippen molar-refractivity contribution in [3.8, 4) is 6.07 Å². The number of hydrogen-bond acceptors (Lipinski definition) is 3. The number of hydrogen-bond donors (Lipinski definition) is 0. The highest BCUT2D eigenvalue weighted by atomic mass is 16.7. The van der Waals surface area contributed by atoms with Crippen molar-refractivity contribution in [3.63, 3.8) is 0 Å². The van der Waals surface area contributed by atoms with Crippen molar-refractivity contribution in [1.82, 2.24) is 9.96 Å². The van der Waals surface area contributed by atoms with Crippen molar-refractivity contribution < 1.29 is 9.63 Å². The molecule has 2 amide bonds. The molecule has 2 aliphatic heterocycles. The lowest BCUT2D eigenvalue weighted by Crippen LogP contribution is -2.38. The monoisotopic (exact) mass is 247 g/mol. The van der Waals surface area contributed by atoms with Crippen LogP contribution in [0.5, 0.6) is 0 Å². The van der Waals surface area contributed by atoms with E-state index >= 15 is 0 Å². The Morgan fingerprint density at radius 2 is 2.44 bits per heavy atom. The Labute approximate surface area is 107 Å². The maximum Gasteiger partial charge on any atom is 0.346 e. The Morgan fingerprint density at radius 1 is 1.72 bits per heavy atom. The molecule has 0 aromatic heterocycles. The number of amides is 2. The second kappa shape index (κ2) is 4.83. The Bertz CT molecular complexity index is 436. The third kappa shape index (κ3) is 1.89. The summed E-state index contributed by atoms with van der Waals surface area (Å²) >= 11 is 0. The highest BCUT2D eigenvalue weighted by Gasteiger charge is 2.47. The number of nitrogens with zero attached hydrogens (tertiary/aromatic N) is 3. The van der Waals surface area contributed by atoms with E-state index in [0.717, 1.165) is 5.57 Å². The molecule has 2 bridgehead atoms. The molecule has 2 atom stereocenters. The Morgan fingerprint density at radius 3 is 3.00 bits per heavy atom. The third-order valence-corrected chi connectivity index (χ3v) is 3.29. The predicted octanol–water partition coefficient (Wildman–Crippen LogP) is 1.70. The average molecular weight is 247 g/mol. The highest BCUT2D eigenvalue weighted by Crippen LogP contribution is 2.33. The van der Waals surface area contributed by atoms with Crippen molar-refractivity contribution >= 4 is 6.03 Å². The van der Waals surface area contributed by atoms with Gasteiger partial charge in [-0.05, 0) is 17.6 Å². The average Bonchev–Trinajstić information content (AvgIpc) is 2.62. The van der Waals surface area contributed by atoms with Crippen LogP contribution in [-0.4, -0.2) is 41.2 Å². The molecule has 0 aromatic carbocycles. The van der Waals surface area contributed by atoms with Gasteiger partial charge in [-0.2, -0.15) is 10.3 Å². The molecule has 0 aliphatic carbocycles. The zero-order valence-corrected chi connectivity index (χ0v) is 10.7. The number of carbonyl (C=O) groups excluding carboxylic acids is 1. The molecule has 2 heterocycles. The van der Waals surface area contributed by atoms with Crippen LogP contribution in [0.1, 0.15) is 13.8 Å². The minimum absolute atomic E-state index is 0.0814. The number of urea groups is 1. The van der Waals surface area contributed by atoms with E-state index in [1.807, 2.05) is 6.08 Å². The first-order valence-electron chi connectivity index (χ1n) is 6.05. The Balaban J connectivity index is 2.30. The van der Waals surface area contributed by atoms with Gasteiger partial charge < -0.3 is 4.90 Å². The molecule has 2 rings (SSSR count). The van der Waals surface area contributed by atoms with Crippen LogP contribution in [0.15, 0.2) is 24.3 Å². The maximum atomic E-state index is 12.1. The lowest BCUT2D eigenvalue weighted by molar-refractivity contribution is -0.111. The molecule has 18 heavy (non-hydrogen) atoms. The fourth-order valence-corrected chi connectivity index (χ4v) is 2.42. The van der Waals surface area contributed by atoms with Crippen LogP contribution in [0.4, 0.5) is 4.79 Å². The third-order valence-electron chi connectivity index (χ3n) is 3.29. The van der Waals surface area contributed by atoms with E-state index in [-0.39, 0.29) is 18.0 Å². The lowest BCUT2D eigenvalue weighted by Gasteiger charge is -2.28. The van der Waals surface area contributed by atoms with E-state index in [0.29, 0.717) is 13.2 Å². The van der Waals surface area contributed by atoms with Crippen molar-refractivity contribution in [2.75, 3.05) is 13.2 Å². The molecule has 0 radical (unpaired) electrons. The topological polar surface area (TPSA) is 56.6 Å². The summed E-state index contributed by atoms with van der Waals surface area (Å²) in [4.78, 5) is 19.1. The predicted molar refractivity (Wildman–Crippen MR) is 66.2 cm³/mol. The minimum Gasteiger partial charge on any atom is -0.301 e. The van der Waals surface area contributed by atoms with E-state index < -0.39 is 6.04 Å². The standard InChI is InChI=1S/C13H17N3O2/c1-4-5-18-16-12-8-15(13(16)17)10(7-14)6-11(12)9(2)3/h4,6,9-10,12H,1,5,8H2,2-3H3. The largest absolute Gasteiger partial charge is 0.346 e. The molecule has 0 saturated carbocycles. The summed E-state index contributed by atoms with van der Waals surface area (Å²) in [6.07, 6.45) is 3.49. The maximum absolute atomic E-state index is 12.1. The smallest absolute Gasteiger partial charge is 0.301 e. The lowest BCUT2D eigenvalue weighted by atomic mass is 9.91. The van der Waals surface area contributed by atoms with Crippen LogP contribution in [-0.2, 0) is 4.84 Å². The summed E-state index contributed by atoms with van der Waals surface area (Å²) in [6, 6.07) is 1.35. The molecule has 1 fully saturated rings. The summed E-state index contributed by atoms with van der Waals surface area (Å²) < 4.78 is 0. The Hall–Kier alpha value is -1.80. The second-order valence-electron chi connectivity index (χ2n) is 4.76. The van der Waals surface area contributed by atoms with Gasteiger partial charge in [-0.15, -0.1) is 6.58 Å². The first kappa shape index (κ1) is 12.7. The molecule has 0 N–H and O–H groups in total. The van der Waals surface area contributed by atoms with Crippen molar-refractivity contribution in [2.24, 2.45) is 5.92 Å². The SMILES string of the molecule is C=CCON1C(=O)N2CC1C(C(C)C)=CC2C#N. The molecule has 5 nitrogen and oxygen atoms in total. The second-order valence-corrected chi connectivity index (χ2v) is 4.76. The first-order valence-corrected chi connectivity index (χ1v) is 6.05. The molecule has 96 valence electrons. The molecule has 2 unspecified atom stereocenters.